The molecule has 14 heavy (non-hydrogen) atoms. The van der Waals surface area contributed by atoms with Crippen molar-refractivity contribution >= 4 is 19.8 Å². The molecule has 0 radical (unpaired) electrons. The minimum atomic E-state index is -0.592. The van der Waals surface area contributed by atoms with E-state index in [0.717, 1.165) is 5.92 Å². The van der Waals surface area contributed by atoms with Crippen LogP contribution in [-0.2, 0) is 0 Å². The third-order valence-electron chi connectivity index (χ3n) is 3.40. The predicted octanol–water partition coefficient (Wildman–Crippen LogP) is 3.19. The molecule has 0 bridgehead atoms. The van der Waals surface area contributed by atoms with Crippen LogP contribution >= 0.6 is 19.8 Å². The van der Waals surface area contributed by atoms with Gasteiger partial charge in [-0.05, 0) is 0 Å². The molecule has 1 aliphatic heterocycles. The van der Waals surface area contributed by atoms with Crippen molar-refractivity contribution in [1.29, 1.82) is 0 Å². The second kappa shape index (κ2) is 4.52. The number of nitrogens with one attached hydrogen (secondary N) is 1. The van der Waals surface area contributed by atoms with Gasteiger partial charge in [0.2, 0.25) is 0 Å². The Balaban J connectivity index is 1.83. The summed E-state index contributed by atoms with van der Waals surface area (Å²) in [6.07, 6.45) is 6.61. The summed E-state index contributed by atoms with van der Waals surface area (Å²) in [7, 11) is 0. The van der Waals surface area contributed by atoms with Crippen LogP contribution in [0, 0.1) is 5.92 Å². The first kappa shape index (κ1) is 10.9. The van der Waals surface area contributed by atoms with Gasteiger partial charge in [-0.1, -0.05) is 0 Å². The van der Waals surface area contributed by atoms with Gasteiger partial charge in [-0.2, -0.15) is 0 Å². The van der Waals surface area contributed by atoms with Crippen molar-refractivity contribution in [2.45, 2.75) is 38.6 Å². The average molecular weight is 307 g/mol. The number of halogens is 1. The molecule has 2 aliphatic rings. The fourth-order valence-electron chi connectivity index (χ4n) is 2.21. The van der Waals surface area contributed by atoms with E-state index in [0.29, 0.717) is 5.54 Å². The summed E-state index contributed by atoms with van der Waals surface area (Å²) in [5.74, 6) is 1.02. The summed E-state index contributed by atoms with van der Waals surface area (Å²) in [4.78, 5) is 0. The monoisotopic (exact) mass is 307 g/mol. The van der Waals surface area contributed by atoms with Crippen LogP contribution in [0.1, 0.15) is 33.1 Å². The molecule has 0 aromatic heterocycles. The van der Waals surface area contributed by atoms with Crippen LogP contribution in [-0.4, -0.2) is 20.9 Å². The number of alkyl halides is 2. The third-order valence-corrected chi connectivity index (χ3v) is 8.93. The first-order chi connectivity index (χ1) is 6.80. The van der Waals surface area contributed by atoms with Crippen molar-refractivity contribution in [3.05, 3.63) is 10.2 Å². The zero-order valence-corrected chi connectivity index (χ0v) is 11.5. The predicted molar refractivity (Wildman–Crippen MR) is 72.3 cm³/mol. The zero-order chi connectivity index (χ0) is 10.0. The summed E-state index contributed by atoms with van der Waals surface area (Å²) in [5.41, 5.74) is 0.484. The molecule has 1 aliphatic carbocycles. The maximum atomic E-state index is 3.76. The van der Waals surface area contributed by atoms with Crippen molar-refractivity contribution in [1.82, 2.24) is 5.32 Å². The molecule has 0 spiro atoms. The van der Waals surface area contributed by atoms with E-state index in [1.807, 2.05) is 0 Å². The molecule has 2 heteroatoms. The number of unbranched alkanes of at least 4 members (excludes halogenated alkanes) is 1. The van der Waals surface area contributed by atoms with Gasteiger partial charge in [0.1, 0.15) is 0 Å². The normalized spacial score (nSPS) is 37.0. The summed E-state index contributed by atoms with van der Waals surface area (Å²) >= 11 is -0.592. The quantitative estimate of drug-likeness (QED) is 0.467. The van der Waals surface area contributed by atoms with Crippen LogP contribution < -0.4 is 5.32 Å². The molecular formula is C12H22IN. The second-order valence-electron chi connectivity index (χ2n) is 4.43. The van der Waals surface area contributed by atoms with E-state index in [9.17, 15) is 0 Å². The molecule has 1 nitrogen and oxygen atoms in total. The summed E-state index contributed by atoms with van der Waals surface area (Å²) < 4.78 is 5.66. The Labute approximate surface area is 95.1 Å². The second-order valence-corrected chi connectivity index (χ2v) is 10.4. The Hall–Kier alpha value is 0.430. The number of hydrogen-bond acceptors (Lipinski definition) is 1. The van der Waals surface area contributed by atoms with Gasteiger partial charge in [0.05, 0.1) is 0 Å². The van der Waals surface area contributed by atoms with Crippen molar-refractivity contribution in [3.63, 3.8) is 0 Å². The van der Waals surface area contributed by atoms with Crippen LogP contribution in [0.15, 0.2) is 10.2 Å². The van der Waals surface area contributed by atoms with Gasteiger partial charge < -0.3 is 0 Å². The van der Waals surface area contributed by atoms with E-state index >= 15 is 0 Å². The van der Waals surface area contributed by atoms with Crippen molar-refractivity contribution in [2.75, 3.05) is 15.4 Å². The van der Waals surface area contributed by atoms with Crippen LogP contribution in [0.25, 0.3) is 0 Å². The first-order valence-electron chi connectivity index (χ1n) is 5.85. The molecule has 1 N–H and O–H groups in total. The molecule has 82 valence electrons. The molecule has 2 atom stereocenters. The molecule has 1 fully saturated rings. The Morgan fingerprint density at radius 1 is 1.50 bits per heavy atom. The van der Waals surface area contributed by atoms with Crippen LogP contribution in [0.2, 0.25) is 0 Å². The summed E-state index contributed by atoms with van der Waals surface area (Å²) in [6.45, 7) is 5.86. The number of fused-ring (bicyclic) bond motifs is 1. The average Bonchev–Trinajstić information content (AvgIpc) is 2.91. The van der Waals surface area contributed by atoms with Gasteiger partial charge in [0.15, 0.2) is 0 Å². The molecule has 0 saturated heterocycles. The Bertz CT molecular complexity index is 226. The Morgan fingerprint density at radius 2 is 2.36 bits per heavy atom. The molecule has 0 amide bonds. The van der Waals surface area contributed by atoms with Gasteiger partial charge in [-0.15, -0.1) is 0 Å². The standard InChI is InChI=1S/C12H22IN/c1-3-5-8-14-12-6-7-13(4-2)10-11(12)9-12/h6-7,11,14H,3-5,8-10H2,1-2H3/t11?,12-/m1/s1. The molecule has 0 aromatic carbocycles. The molecule has 2 rings (SSSR count). The number of rotatable bonds is 5. The van der Waals surface area contributed by atoms with E-state index in [2.05, 4.69) is 29.3 Å². The van der Waals surface area contributed by atoms with E-state index in [4.69, 9.17) is 0 Å². The van der Waals surface area contributed by atoms with E-state index in [-0.39, 0.29) is 0 Å². The first-order valence-corrected chi connectivity index (χ1v) is 10.1. The summed E-state index contributed by atoms with van der Waals surface area (Å²) in [6, 6.07) is 0. The Kier molecular flexibility index (Phi) is 3.53. The Morgan fingerprint density at radius 3 is 3.00 bits per heavy atom. The van der Waals surface area contributed by atoms with E-state index < -0.39 is 19.8 Å². The summed E-state index contributed by atoms with van der Waals surface area (Å²) in [5, 5.41) is 3.76. The fraction of sp³-hybridized carbons (Fsp3) is 0.833. The van der Waals surface area contributed by atoms with Crippen LogP contribution in [0.5, 0.6) is 0 Å². The topological polar surface area (TPSA) is 12.0 Å². The van der Waals surface area contributed by atoms with Gasteiger partial charge in [0, 0.05) is 0 Å². The number of hydrogen-bond donors (Lipinski definition) is 1. The maximum absolute atomic E-state index is 3.76. The zero-order valence-electron chi connectivity index (χ0n) is 9.35. The minimum absolute atomic E-state index is 0.484. The van der Waals surface area contributed by atoms with Gasteiger partial charge >= 0.3 is 95.3 Å². The van der Waals surface area contributed by atoms with Crippen LogP contribution in [0.4, 0.5) is 0 Å². The van der Waals surface area contributed by atoms with Crippen molar-refractivity contribution in [2.24, 2.45) is 5.92 Å². The van der Waals surface area contributed by atoms with E-state index in [1.165, 1.54) is 30.2 Å². The molecule has 1 unspecified atom stereocenters. The van der Waals surface area contributed by atoms with E-state index in [1.54, 1.807) is 4.43 Å². The van der Waals surface area contributed by atoms with Crippen LogP contribution in [0.3, 0.4) is 0 Å². The van der Waals surface area contributed by atoms with Gasteiger partial charge in [-0.25, -0.2) is 0 Å². The molecule has 0 aromatic rings. The van der Waals surface area contributed by atoms with Gasteiger partial charge in [0.25, 0.3) is 0 Å². The van der Waals surface area contributed by atoms with Crippen molar-refractivity contribution < 1.29 is 0 Å². The van der Waals surface area contributed by atoms with Crippen molar-refractivity contribution in [3.8, 4) is 0 Å². The third kappa shape index (κ3) is 2.16. The molecule has 1 heterocycles. The fourth-order valence-corrected chi connectivity index (χ4v) is 7.25. The molecular weight excluding hydrogens is 285 g/mol. The van der Waals surface area contributed by atoms with Gasteiger partial charge in [-0.3, -0.25) is 0 Å². The SMILES string of the molecule is CCCCN[C@@]12C=CI(CC)CC1C2. The molecule has 1 saturated carbocycles.